The first-order valence-electron chi connectivity index (χ1n) is 7.34. The molecule has 0 radical (unpaired) electrons. The highest BCUT2D eigenvalue weighted by Gasteiger charge is 2.09. The maximum absolute atomic E-state index is 5.12. The van der Waals surface area contributed by atoms with Crippen molar-refractivity contribution in [2.75, 3.05) is 26.8 Å². The van der Waals surface area contributed by atoms with E-state index in [9.17, 15) is 0 Å². The van der Waals surface area contributed by atoms with Gasteiger partial charge in [-0.05, 0) is 38.9 Å². The Balaban J connectivity index is 2.49. The molecule has 0 amide bonds. The lowest BCUT2D eigenvalue weighted by Crippen LogP contribution is -2.35. The van der Waals surface area contributed by atoms with Crippen LogP contribution in [0.5, 0.6) is 0 Å². The summed E-state index contributed by atoms with van der Waals surface area (Å²) < 4.78 is 5.12. The van der Waals surface area contributed by atoms with Gasteiger partial charge in [0.1, 0.15) is 0 Å². The van der Waals surface area contributed by atoms with Crippen LogP contribution in [0.15, 0.2) is 18.3 Å². The summed E-state index contributed by atoms with van der Waals surface area (Å²) in [6, 6.07) is 4.28. The van der Waals surface area contributed by atoms with Gasteiger partial charge in [-0.2, -0.15) is 0 Å². The lowest BCUT2D eigenvalue weighted by molar-refractivity contribution is 0.147. The van der Waals surface area contributed by atoms with E-state index in [1.165, 1.54) is 5.56 Å². The molecular weight excluding hydrogens is 250 g/mol. The van der Waals surface area contributed by atoms with E-state index in [4.69, 9.17) is 4.74 Å². The van der Waals surface area contributed by atoms with Gasteiger partial charge in [-0.1, -0.05) is 13.0 Å². The van der Waals surface area contributed by atoms with Crippen molar-refractivity contribution in [3.63, 3.8) is 0 Å². The smallest absolute Gasteiger partial charge is 0.0589 e. The Morgan fingerprint density at radius 1 is 1.30 bits per heavy atom. The number of methoxy groups -OCH3 is 1. The number of nitrogens with zero attached hydrogens (tertiary/aromatic N) is 2. The van der Waals surface area contributed by atoms with Crippen LogP contribution in [0.25, 0.3) is 0 Å². The fraction of sp³-hybridized carbons (Fsp3) is 0.688. The van der Waals surface area contributed by atoms with E-state index in [0.717, 1.165) is 38.5 Å². The van der Waals surface area contributed by atoms with E-state index in [-0.39, 0.29) is 5.54 Å². The van der Waals surface area contributed by atoms with Gasteiger partial charge in [0.2, 0.25) is 0 Å². The van der Waals surface area contributed by atoms with Crippen LogP contribution in [-0.4, -0.2) is 42.2 Å². The van der Waals surface area contributed by atoms with Gasteiger partial charge in [-0.3, -0.25) is 9.88 Å². The molecule has 20 heavy (non-hydrogen) atoms. The van der Waals surface area contributed by atoms with Crippen LogP contribution < -0.4 is 5.32 Å². The van der Waals surface area contributed by atoms with Crippen molar-refractivity contribution in [1.82, 2.24) is 15.2 Å². The molecule has 0 aliphatic carbocycles. The second kappa shape index (κ2) is 8.35. The second-order valence-corrected chi connectivity index (χ2v) is 6.12. The molecule has 0 unspecified atom stereocenters. The van der Waals surface area contributed by atoms with Crippen molar-refractivity contribution < 1.29 is 4.74 Å². The van der Waals surface area contributed by atoms with E-state index < -0.39 is 0 Å². The molecule has 1 aromatic heterocycles. The maximum atomic E-state index is 5.12. The average molecular weight is 279 g/mol. The largest absolute Gasteiger partial charge is 0.383 e. The van der Waals surface area contributed by atoms with Crippen LogP contribution in [0.1, 0.15) is 39.0 Å². The molecule has 0 fully saturated rings. The summed E-state index contributed by atoms with van der Waals surface area (Å²) in [7, 11) is 1.74. The van der Waals surface area contributed by atoms with Crippen molar-refractivity contribution in [3.05, 3.63) is 29.6 Å². The quantitative estimate of drug-likeness (QED) is 0.793. The van der Waals surface area contributed by atoms with E-state index >= 15 is 0 Å². The van der Waals surface area contributed by atoms with E-state index in [2.05, 4.69) is 55.0 Å². The zero-order valence-corrected chi connectivity index (χ0v) is 13.6. The van der Waals surface area contributed by atoms with Gasteiger partial charge in [0.05, 0.1) is 12.3 Å². The highest BCUT2D eigenvalue weighted by molar-refractivity contribution is 5.14. The minimum absolute atomic E-state index is 0.137. The molecule has 0 aliphatic rings. The molecule has 0 saturated carbocycles. The van der Waals surface area contributed by atoms with E-state index in [1.807, 2.05) is 6.20 Å². The van der Waals surface area contributed by atoms with E-state index in [0.29, 0.717) is 0 Å². The summed E-state index contributed by atoms with van der Waals surface area (Å²) in [5.41, 5.74) is 2.48. The number of rotatable bonds is 8. The van der Waals surface area contributed by atoms with Crippen LogP contribution in [0, 0.1) is 0 Å². The van der Waals surface area contributed by atoms with E-state index in [1.54, 1.807) is 7.11 Å². The van der Waals surface area contributed by atoms with Crippen molar-refractivity contribution in [1.29, 1.82) is 0 Å². The van der Waals surface area contributed by atoms with Gasteiger partial charge in [0.15, 0.2) is 0 Å². The molecule has 0 aromatic carbocycles. The lowest BCUT2D eigenvalue weighted by atomic mass is 10.1. The molecule has 1 aromatic rings. The zero-order chi connectivity index (χ0) is 15.0. The lowest BCUT2D eigenvalue weighted by Gasteiger charge is -2.21. The van der Waals surface area contributed by atoms with Crippen molar-refractivity contribution in [2.24, 2.45) is 0 Å². The molecular formula is C16H29N3O. The predicted molar refractivity (Wildman–Crippen MR) is 83.7 cm³/mol. The molecule has 1 heterocycles. The first-order chi connectivity index (χ1) is 9.44. The minimum Gasteiger partial charge on any atom is -0.383 e. The Bertz CT molecular complexity index is 370. The molecule has 0 aliphatic heterocycles. The molecule has 0 saturated heterocycles. The molecule has 4 nitrogen and oxygen atoms in total. The van der Waals surface area contributed by atoms with Gasteiger partial charge in [-0.25, -0.2) is 0 Å². The number of ether oxygens (including phenoxy) is 1. The summed E-state index contributed by atoms with van der Waals surface area (Å²) in [6.45, 7) is 13.1. The SMILES string of the molecule is CCN(CCOC)Cc1ccc(CNC(C)(C)C)cn1. The highest BCUT2D eigenvalue weighted by Crippen LogP contribution is 2.06. The van der Waals surface area contributed by atoms with Crippen molar-refractivity contribution >= 4 is 0 Å². The Labute approximate surface area is 123 Å². The third kappa shape index (κ3) is 6.98. The molecule has 4 heteroatoms. The van der Waals surface area contributed by atoms with Gasteiger partial charge in [0, 0.05) is 38.5 Å². The minimum atomic E-state index is 0.137. The summed E-state index contributed by atoms with van der Waals surface area (Å²) in [5.74, 6) is 0. The highest BCUT2D eigenvalue weighted by atomic mass is 16.5. The fourth-order valence-electron chi connectivity index (χ4n) is 1.82. The molecule has 1 rings (SSSR count). The standard InChI is InChI=1S/C16H29N3O/c1-6-19(9-10-20-5)13-15-8-7-14(11-17-15)12-18-16(2,3)4/h7-8,11,18H,6,9-10,12-13H2,1-5H3. The zero-order valence-electron chi connectivity index (χ0n) is 13.6. The number of nitrogens with one attached hydrogen (secondary N) is 1. The fourth-order valence-corrected chi connectivity index (χ4v) is 1.82. The number of likely N-dealkylation sites (N-methyl/N-ethyl adjacent to an activating group) is 1. The number of hydrogen-bond donors (Lipinski definition) is 1. The van der Waals surface area contributed by atoms with Crippen LogP contribution >= 0.6 is 0 Å². The summed E-state index contributed by atoms with van der Waals surface area (Å²) in [4.78, 5) is 6.88. The van der Waals surface area contributed by atoms with Crippen LogP contribution in [0.4, 0.5) is 0 Å². The Morgan fingerprint density at radius 3 is 2.55 bits per heavy atom. The Hall–Kier alpha value is -0.970. The third-order valence-electron chi connectivity index (χ3n) is 3.15. The number of pyridine rings is 1. The Morgan fingerprint density at radius 2 is 2.05 bits per heavy atom. The van der Waals surface area contributed by atoms with Gasteiger partial charge >= 0.3 is 0 Å². The van der Waals surface area contributed by atoms with Gasteiger partial charge in [-0.15, -0.1) is 0 Å². The average Bonchev–Trinajstić information content (AvgIpc) is 2.41. The molecule has 0 atom stereocenters. The maximum Gasteiger partial charge on any atom is 0.0589 e. The predicted octanol–water partition coefficient (Wildman–Crippen LogP) is 2.44. The number of hydrogen-bond acceptors (Lipinski definition) is 4. The summed E-state index contributed by atoms with van der Waals surface area (Å²) in [5, 5.41) is 3.47. The first kappa shape index (κ1) is 17.1. The first-order valence-corrected chi connectivity index (χ1v) is 7.34. The van der Waals surface area contributed by atoms with Crippen molar-refractivity contribution in [3.8, 4) is 0 Å². The summed E-state index contributed by atoms with van der Waals surface area (Å²) >= 11 is 0. The van der Waals surface area contributed by atoms with Crippen LogP contribution in [0.3, 0.4) is 0 Å². The number of aromatic nitrogens is 1. The van der Waals surface area contributed by atoms with Gasteiger partial charge < -0.3 is 10.1 Å². The summed E-state index contributed by atoms with van der Waals surface area (Å²) in [6.07, 6.45) is 1.97. The van der Waals surface area contributed by atoms with Crippen LogP contribution in [-0.2, 0) is 17.8 Å². The molecule has 0 bridgehead atoms. The topological polar surface area (TPSA) is 37.4 Å². The normalized spacial score (nSPS) is 12.1. The Kier molecular flexibility index (Phi) is 7.13. The van der Waals surface area contributed by atoms with Crippen LogP contribution in [0.2, 0.25) is 0 Å². The monoisotopic (exact) mass is 279 g/mol. The molecule has 1 N–H and O–H groups in total. The second-order valence-electron chi connectivity index (χ2n) is 6.12. The van der Waals surface area contributed by atoms with Gasteiger partial charge in [0.25, 0.3) is 0 Å². The molecule has 114 valence electrons. The molecule has 0 spiro atoms. The third-order valence-corrected chi connectivity index (χ3v) is 3.15. The van der Waals surface area contributed by atoms with Crippen molar-refractivity contribution in [2.45, 2.75) is 46.3 Å².